The molecule has 0 radical (unpaired) electrons. The van der Waals surface area contributed by atoms with Gasteiger partial charge in [0.05, 0.1) is 12.0 Å². The van der Waals surface area contributed by atoms with Crippen LogP contribution in [0.3, 0.4) is 0 Å². The normalized spacial score (nSPS) is 39.4. The lowest BCUT2D eigenvalue weighted by Crippen LogP contribution is -2.45. The average Bonchev–Trinajstić information content (AvgIpc) is 1.79. The van der Waals surface area contributed by atoms with Crippen LogP contribution in [0.25, 0.3) is 0 Å². The summed E-state index contributed by atoms with van der Waals surface area (Å²) in [5.41, 5.74) is -1.42. The van der Waals surface area contributed by atoms with Gasteiger partial charge >= 0.3 is 13.7 Å². The van der Waals surface area contributed by atoms with Gasteiger partial charge in [0.25, 0.3) is 0 Å². The van der Waals surface area contributed by atoms with E-state index in [4.69, 9.17) is 0 Å². The van der Waals surface area contributed by atoms with Crippen molar-refractivity contribution in [1.82, 2.24) is 0 Å². The molecule has 0 spiro atoms. The molecule has 12 heavy (non-hydrogen) atoms. The molecule has 3 nitrogen and oxygen atoms in total. The van der Waals surface area contributed by atoms with Gasteiger partial charge in [0.15, 0.2) is 0 Å². The van der Waals surface area contributed by atoms with Crippen LogP contribution in [0.5, 0.6) is 0 Å². The molecule has 0 aromatic rings. The fourth-order valence-corrected chi connectivity index (χ4v) is 1.99. The van der Waals surface area contributed by atoms with Gasteiger partial charge in [-0.15, -0.1) is 0 Å². The summed E-state index contributed by atoms with van der Waals surface area (Å²) in [6.45, 7) is 3.38. The van der Waals surface area contributed by atoms with E-state index in [1.54, 1.807) is 0 Å². The van der Waals surface area contributed by atoms with Gasteiger partial charge in [0, 0.05) is 6.66 Å². The van der Waals surface area contributed by atoms with Crippen LogP contribution in [0.4, 0.5) is 8.78 Å². The maximum Gasteiger partial charge on any atom is 0.369 e. The summed E-state index contributed by atoms with van der Waals surface area (Å²) in [4.78, 5) is 0. The molecule has 1 heterocycles. The monoisotopic (exact) mass is 200 g/mol. The summed E-state index contributed by atoms with van der Waals surface area (Å²) in [5, 5.41) is 0. The van der Waals surface area contributed by atoms with Crippen molar-refractivity contribution in [2.45, 2.75) is 20.0 Å². The maximum absolute atomic E-state index is 13.0. The summed E-state index contributed by atoms with van der Waals surface area (Å²) < 4.78 is 45.8. The van der Waals surface area contributed by atoms with E-state index < -0.39 is 19.1 Å². The highest BCUT2D eigenvalue weighted by atomic mass is 31.2. The fraction of sp³-hybridized carbons (Fsp3) is 1.00. The highest BCUT2D eigenvalue weighted by Gasteiger charge is 2.56. The predicted molar refractivity (Wildman–Crippen MR) is 39.3 cm³/mol. The first-order valence-corrected chi connectivity index (χ1v) is 5.46. The molecule has 1 aliphatic rings. The predicted octanol–water partition coefficient (Wildman–Crippen LogP) is 2.48. The quantitative estimate of drug-likeness (QED) is 0.563. The Kier molecular flexibility index (Phi) is 2.10. The van der Waals surface area contributed by atoms with Crippen molar-refractivity contribution in [2.75, 3.05) is 13.3 Å². The van der Waals surface area contributed by atoms with E-state index in [0.717, 1.165) is 6.66 Å². The number of hydrogen-bond acceptors (Lipinski definition) is 3. The Morgan fingerprint density at radius 3 is 2.25 bits per heavy atom. The van der Waals surface area contributed by atoms with E-state index in [-0.39, 0.29) is 6.61 Å². The topological polar surface area (TPSA) is 35.5 Å². The zero-order chi connectivity index (χ0) is 9.62. The Bertz CT molecular complexity index is 239. The summed E-state index contributed by atoms with van der Waals surface area (Å²) in [5.74, 6) is 0. The molecule has 72 valence electrons. The van der Waals surface area contributed by atoms with Gasteiger partial charge in [-0.25, -0.2) is 4.52 Å². The van der Waals surface area contributed by atoms with Crippen LogP contribution >= 0.6 is 7.60 Å². The fourth-order valence-electron chi connectivity index (χ4n) is 0.721. The third-order valence-corrected chi connectivity index (χ3v) is 2.89. The Morgan fingerprint density at radius 1 is 1.42 bits per heavy atom. The van der Waals surface area contributed by atoms with Crippen molar-refractivity contribution in [3.8, 4) is 0 Å². The lowest BCUT2D eigenvalue weighted by atomic mass is 9.93. The second kappa shape index (κ2) is 2.50. The zero-order valence-corrected chi connectivity index (χ0v) is 8.03. The van der Waals surface area contributed by atoms with E-state index in [1.165, 1.54) is 13.8 Å². The Labute approximate surface area is 69.6 Å². The van der Waals surface area contributed by atoms with Gasteiger partial charge in [0.2, 0.25) is 0 Å². The molecule has 0 aromatic carbocycles. The average molecular weight is 200 g/mol. The minimum atomic E-state index is -3.54. The van der Waals surface area contributed by atoms with Crippen LogP contribution in [-0.2, 0) is 13.6 Å². The minimum absolute atomic E-state index is 0.256. The van der Waals surface area contributed by atoms with E-state index in [2.05, 4.69) is 9.05 Å². The lowest BCUT2D eigenvalue weighted by molar-refractivity contribution is -0.277. The Balaban J connectivity index is 2.89. The molecular weight excluding hydrogens is 189 g/mol. The standard InChI is InChI=1S/C6H11F2O3P/c1-5(2)4-10-12(3,9)11-6(5,7)8/h4H2,1-3H3/t12-/m1/s1. The van der Waals surface area contributed by atoms with Gasteiger partial charge in [-0.3, -0.25) is 4.57 Å². The van der Waals surface area contributed by atoms with Crippen LogP contribution in [-0.4, -0.2) is 19.4 Å². The highest BCUT2D eigenvalue weighted by molar-refractivity contribution is 7.53. The van der Waals surface area contributed by atoms with Crippen LogP contribution in [0.15, 0.2) is 0 Å². The molecule has 0 bridgehead atoms. The molecule has 0 N–H and O–H groups in total. The summed E-state index contributed by atoms with van der Waals surface area (Å²) in [6, 6.07) is 0. The summed E-state index contributed by atoms with van der Waals surface area (Å²) in [6.07, 6.45) is -3.38. The number of rotatable bonds is 0. The van der Waals surface area contributed by atoms with Crippen molar-refractivity contribution in [3.05, 3.63) is 0 Å². The van der Waals surface area contributed by atoms with Crippen molar-refractivity contribution >= 4 is 7.60 Å². The second-order valence-corrected chi connectivity index (χ2v) is 5.52. The van der Waals surface area contributed by atoms with Gasteiger partial charge in [-0.05, 0) is 13.8 Å². The SMILES string of the molecule is CC1(C)CO[P@@](C)(=O)OC1(F)F. The van der Waals surface area contributed by atoms with Gasteiger partial charge in [-0.2, -0.15) is 8.78 Å². The molecule has 1 atom stereocenters. The first kappa shape index (κ1) is 10.1. The number of halogens is 2. The lowest BCUT2D eigenvalue weighted by Gasteiger charge is -2.39. The third kappa shape index (κ3) is 1.68. The molecule has 0 amide bonds. The molecule has 0 aliphatic carbocycles. The summed E-state index contributed by atoms with van der Waals surface area (Å²) >= 11 is 0. The molecule has 0 unspecified atom stereocenters. The largest absolute Gasteiger partial charge is 0.369 e. The highest BCUT2D eigenvalue weighted by Crippen LogP contribution is 2.58. The molecule has 0 saturated carbocycles. The first-order valence-electron chi connectivity index (χ1n) is 3.47. The molecule has 0 aromatic heterocycles. The second-order valence-electron chi connectivity index (χ2n) is 3.54. The minimum Gasteiger partial charge on any atom is -0.308 e. The molecule has 6 heteroatoms. The Morgan fingerprint density at radius 2 is 1.92 bits per heavy atom. The van der Waals surface area contributed by atoms with Crippen molar-refractivity contribution < 1.29 is 22.4 Å². The van der Waals surface area contributed by atoms with Crippen LogP contribution in [0.2, 0.25) is 0 Å². The van der Waals surface area contributed by atoms with Crippen LogP contribution in [0, 0.1) is 5.41 Å². The molecule has 1 aliphatic heterocycles. The molecule has 1 rings (SSSR count). The Hall–Kier alpha value is 0.01000. The van der Waals surface area contributed by atoms with E-state index in [9.17, 15) is 13.3 Å². The maximum atomic E-state index is 13.0. The van der Waals surface area contributed by atoms with Gasteiger partial charge < -0.3 is 4.52 Å². The number of alkyl halides is 2. The third-order valence-electron chi connectivity index (χ3n) is 1.73. The van der Waals surface area contributed by atoms with E-state index in [1.807, 2.05) is 0 Å². The van der Waals surface area contributed by atoms with E-state index >= 15 is 0 Å². The molecule has 1 fully saturated rings. The van der Waals surface area contributed by atoms with Crippen molar-refractivity contribution in [3.63, 3.8) is 0 Å². The van der Waals surface area contributed by atoms with Crippen LogP contribution < -0.4 is 0 Å². The van der Waals surface area contributed by atoms with Gasteiger partial charge in [-0.1, -0.05) is 0 Å². The van der Waals surface area contributed by atoms with Crippen molar-refractivity contribution in [1.29, 1.82) is 0 Å². The molecular formula is C6H11F2O3P. The smallest absolute Gasteiger partial charge is 0.308 e. The zero-order valence-electron chi connectivity index (χ0n) is 7.13. The first-order chi connectivity index (χ1) is 5.16. The molecule has 1 saturated heterocycles. The van der Waals surface area contributed by atoms with Gasteiger partial charge in [0.1, 0.15) is 0 Å². The number of hydrogen-bond donors (Lipinski definition) is 0. The van der Waals surface area contributed by atoms with E-state index in [0.29, 0.717) is 0 Å². The van der Waals surface area contributed by atoms with Crippen molar-refractivity contribution in [2.24, 2.45) is 5.41 Å². The van der Waals surface area contributed by atoms with Crippen LogP contribution in [0.1, 0.15) is 13.8 Å². The summed E-state index contributed by atoms with van der Waals surface area (Å²) in [7, 11) is -3.54.